The Balaban J connectivity index is 1.77. The molecule has 0 radical (unpaired) electrons. The fraction of sp³-hybridized carbons (Fsp3) is 0.286. The first-order valence-corrected chi connectivity index (χ1v) is 11.5. The van der Waals surface area contributed by atoms with Gasteiger partial charge in [-0.1, -0.05) is 66.7 Å². The fourth-order valence-corrected chi connectivity index (χ4v) is 3.38. The Kier molecular flexibility index (Phi) is 10.1. The lowest BCUT2D eigenvalue weighted by Gasteiger charge is -2.18. The van der Waals surface area contributed by atoms with Crippen LogP contribution in [0.3, 0.4) is 0 Å². The number of carbonyl (C=O) groups excluding carboxylic acids is 2. The molecule has 0 fully saturated rings. The number of hydrogen-bond donors (Lipinski definition) is 1. The lowest BCUT2D eigenvalue weighted by Crippen LogP contribution is -2.44. The van der Waals surface area contributed by atoms with Crippen molar-refractivity contribution in [3.63, 3.8) is 0 Å². The van der Waals surface area contributed by atoms with Crippen LogP contribution in [0.25, 0.3) is 0 Å². The van der Waals surface area contributed by atoms with Gasteiger partial charge < -0.3 is 24.3 Å². The second-order valence-corrected chi connectivity index (χ2v) is 7.81. The van der Waals surface area contributed by atoms with Crippen molar-refractivity contribution >= 4 is 11.9 Å². The molecule has 0 aliphatic heterocycles. The van der Waals surface area contributed by atoms with Gasteiger partial charge in [0.2, 0.25) is 5.91 Å². The zero-order chi connectivity index (χ0) is 24.9. The van der Waals surface area contributed by atoms with Crippen LogP contribution in [0.5, 0.6) is 11.5 Å². The van der Waals surface area contributed by atoms with Crippen LogP contribution in [0.1, 0.15) is 23.6 Å². The largest absolute Gasteiger partial charge is 0.485 e. The summed E-state index contributed by atoms with van der Waals surface area (Å²) in [5.74, 6) is 0.215. The second-order valence-electron chi connectivity index (χ2n) is 7.81. The maximum Gasteiger partial charge on any atom is 0.328 e. The summed E-state index contributed by atoms with van der Waals surface area (Å²) >= 11 is 0. The summed E-state index contributed by atoms with van der Waals surface area (Å²) < 4.78 is 22.2. The van der Waals surface area contributed by atoms with E-state index in [0.29, 0.717) is 31.3 Å². The van der Waals surface area contributed by atoms with E-state index in [1.165, 1.54) is 7.11 Å². The first-order valence-electron chi connectivity index (χ1n) is 11.5. The van der Waals surface area contributed by atoms with E-state index in [2.05, 4.69) is 5.32 Å². The Morgan fingerprint density at radius 1 is 0.800 bits per heavy atom. The number of hydrogen-bond acceptors (Lipinski definition) is 6. The van der Waals surface area contributed by atoms with E-state index in [-0.39, 0.29) is 18.9 Å². The standard InChI is InChI=1S/C28H31NO6/c1-3-33-20-27(30)29-24(28(31)32-2)16-23-14-15-25(34-18-21-10-6-4-7-11-21)26(17-23)35-19-22-12-8-5-9-13-22/h4-15,17,24H,3,16,18-20H2,1-2H3,(H,29,30)/t24-/m0/s1. The summed E-state index contributed by atoms with van der Waals surface area (Å²) in [5.41, 5.74) is 2.84. The minimum absolute atomic E-state index is 0.123. The van der Waals surface area contributed by atoms with Gasteiger partial charge >= 0.3 is 5.97 Å². The van der Waals surface area contributed by atoms with Crippen LogP contribution in [0.15, 0.2) is 78.9 Å². The SMILES string of the molecule is CCOCC(=O)N[C@@H](Cc1ccc(OCc2ccccc2)c(OCc2ccccc2)c1)C(=O)OC. The average molecular weight is 478 g/mol. The molecule has 35 heavy (non-hydrogen) atoms. The maximum atomic E-state index is 12.3. The normalized spacial score (nSPS) is 11.4. The molecule has 7 heteroatoms. The number of rotatable bonds is 13. The Hall–Kier alpha value is -3.84. The van der Waals surface area contributed by atoms with Crippen molar-refractivity contribution < 1.29 is 28.5 Å². The molecule has 0 saturated carbocycles. The Morgan fingerprint density at radius 2 is 1.40 bits per heavy atom. The van der Waals surface area contributed by atoms with Gasteiger partial charge in [-0.25, -0.2) is 4.79 Å². The van der Waals surface area contributed by atoms with Crippen molar-refractivity contribution in [2.45, 2.75) is 32.6 Å². The van der Waals surface area contributed by atoms with Crippen LogP contribution >= 0.6 is 0 Å². The van der Waals surface area contributed by atoms with Gasteiger partial charge in [-0.3, -0.25) is 4.79 Å². The predicted molar refractivity (Wildman–Crippen MR) is 132 cm³/mol. The molecule has 0 heterocycles. The molecule has 3 aromatic carbocycles. The van der Waals surface area contributed by atoms with Crippen molar-refractivity contribution in [2.75, 3.05) is 20.3 Å². The third-order valence-electron chi connectivity index (χ3n) is 5.18. The van der Waals surface area contributed by atoms with Gasteiger partial charge in [0.1, 0.15) is 25.9 Å². The monoisotopic (exact) mass is 477 g/mol. The lowest BCUT2D eigenvalue weighted by molar-refractivity contribution is -0.145. The molecule has 0 aliphatic carbocycles. The Labute approximate surface area is 206 Å². The molecular formula is C28H31NO6. The van der Waals surface area contributed by atoms with E-state index >= 15 is 0 Å². The maximum absolute atomic E-state index is 12.3. The van der Waals surface area contributed by atoms with Crippen LogP contribution in [-0.2, 0) is 38.7 Å². The van der Waals surface area contributed by atoms with Crippen molar-refractivity contribution in [3.05, 3.63) is 95.6 Å². The summed E-state index contributed by atoms with van der Waals surface area (Å²) in [6.45, 7) is 2.83. The van der Waals surface area contributed by atoms with E-state index < -0.39 is 12.0 Å². The number of nitrogens with one attached hydrogen (secondary N) is 1. The van der Waals surface area contributed by atoms with Gasteiger partial charge in [0.25, 0.3) is 0 Å². The molecule has 1 atom stereocenters. The molecule has 7 nitrogen and oxygen atoms in total. The summed E-state index contributed by atoms with van der Waals surface area (Å²) in [6, 6.07) is 24.3. The van der Waals surface area contributed by atoms with Crippen molar-refractivity contribution in [1.82, 2.24) is 5.32 Å². The van der Waals surface area contributed by atoms with Gasteiger partial charge in [-0.05, 0) is 35.7 Å². The van der Waals surface area contributed by atoms with Crippen LogP contribution < -0.4 is 14.8 Å². The number of amides is 1. The molecule has 0 bridgehead atoms. The van der Waals surface area contributed by atoms with E-state index in [4.69, 9.17) is 18.9 Å². The zero-order valence-electron chi connectivity index (χ0n) is 20.1. The third kappa shape index (κ3) is 8.46. The molecule has 1 amide bonds. The summed E-state index contributed by atoms with van der Waals surface area (Å²) in [4.78, 5) is 24.4. The zero-order valence-corrected chi connectivity index (χ0v) is 20.1. The summed E-state index contributed by atoms with van der Waals surface area (Å²) in [6.07, 6.45) is 0.227. The minimum Gasteiger partial charge on any atom is -0.485 e. The van der Waals surface area contributed by atoms with Crippen molar-refractivity contribution in [3.8, 4) is 11.5 Å². The van der Waals surface area contributed by atoms with Gasteiger partial charge in [-0.2, -0.15) is 0 Å². The highest BCUT2D eigenvalue weighted by atomic mass is 16.5. The summed E-state index contributed by atoms with van der Waals surface area (Å²) in [5, 5.41) is 2.68. The lowest BCUT2D eigenvalue weighted by atomic mass is 10.0. The van der Waals surface area contributed by atoms with Gasteiger partial charge in [0.05, 0.1) is 7.11 Å². The number of carbonyl (C=O) groups is 2. The third-order valence-corrected chi connectivity index (χ3v) is 5.18. The second kappa shape index (κ2) is 13.8. The molecule has 3 aromatic rings. The highest BCUT2D eigenvalue weighted by Crippen LogP contribution is 2.30. The van der Waals surface area contributed by atoms with Gasteiger partial charge in [0, 0.05) is 13.0 Å². The Bertz CT molecular complexity index is 1070. The number of methoxy groups -OCH3 is 1. The number of esters is 1. The predicted octanol–water partition coefficient (Wildman–Crippen LogP) is 4.08. The number of ether oxygens (including phenoxy) is 4. The van der Waals surface area contributed by atoms with E-state index in [0.717, 1.165) is 16.7 Å². The quantitative estimate of drug-likeness (QED) is 0.374. The minimum atomic E-state index is -0.856. The molecule has 0 saturated heterocycles. The number of benzene rings is 3. The smallest absolute Gasteiger partial charge is 0.328 e. The van der Waals surface area contributed by atoms with E-state index in [1.807, 2.05) is 78.9 Å². The van der Waals surface area contributed by atoms with Crippen LogP contribution in [0.4, 0.5) is 0 Å². The molecule has 1 N–H and O–H groups in total. The first kappa shape index (κ1) is 25.8. The molecule has 0 aliphatic rings. The van der Waals surface area contributed by atoms with Crippen molar-refractivity contribution in [2.24, 2.45) is 0 Å². The van der Waals surface area contributed by atoms with Crippen LogP contribution in [-0.4, -0.2) is 38.2 Å². The molecule has 3 rings (SSSR count). The molecule has 184 valence electrons. The van der Waals surface area contributed by atoms with Crippen LogP contribution in [0, 0.1) is 0 Å². The summed E-state index contributed by atoms with van der Waals surface area (Å²) in [7, 11) is 1.29. The first-order chi connectivity index (χ1) is 17.1. The van der Waals surface area contributed by atoms with E-state index in [9.17, 15) is 9.59 Å². The molecule has 0 spiro atoms. The molecular weight excluding hydrogens is 446 g/mol. The molecule has 0 aromatic heterocycles. The van der Waals surface area contributed by atoms with Crippen LogP contribution in [0.2, 0.25) is 0 Å². The molecule has 0 unspecified atom stereocenters. The highest BCUT2D eigenvalue weighted by Gasteiger charge is 2.23. The van der Waals surface area contributed by atoms with Crippen molar-refractivity contribution in [1.29, 1.82) is 0 Å². The highest BCUT2D eigenvalue weighted by molar-refractivity contribution is 5.85. The average Bonchev–Trinajstić information content (AvgIpc) is 2.90. The van der Waals surface area contributed by atoms with Gasteiger partial charge in [-0.15, -0.1) is 0 Å². The fourth-order valence-electron chi connectivity index (χ4n) is 3.38. The topological polar surface area (TPSA) is 83.1 Å². The van der Waals surface area contributed by atoms with E-state index in [1.54, 1.807) is 6.92 Å². The Morgan fingerprint density at radius 3 is 1.97 bits per heavy atom. The van der Waals surface area contributed by atoms with Gasteiger partial charge in [0.15, 0.2) is 11.5 Å².